The lowest BCUT2D eigenvalue weighted by Gasteiger charge is -2.22. The van der Waals surface area contributed by atoms with Gasteiger partial charge in [0, 0.05) is 25.8 Å². The van der Waals surface area contributed by atoms with Crippen molar-refractivity contribution in [2.24, 2.45) is 5.73 Å². The number of nitrogens with two attached hydrogens (primary N) is 1. The van der Waals surface area contributed by atoms with Crippen molar-refractivity contribution in [2.45, 2.75) is 19.8 Å². The van der Waals surface area contributed by atoms with Gasteiger partial charge < -0.3 is 15.5 Å². The summed E-state index contributed by atoms with van der Waals surface area (Å²) in [5, 5.41) is 0. The Morgan fingerprint density at radius 1 is 1.35 bits per heavy atom. The Bertz CT molecular complexity index is 449. The number of aromatic nitrogens is 1. The average Bonchev–Trinajstić information content (AvgIpc) is 2.70. The maximum Gasteiger partial charge on any atom is 0.272 e. The third-order valence-electron chi connectivity index (χ3n) is 3.77. The SMILES string of the molecule is Cc1cccnc1C(=O)N1CCCN(CCCN)CC1. The third-order valence-corrected chi connectivity index (χ3v) is 3.77. The summed E-state index contributed by atoms with van der Waals surface area (Å²) in [6.45, 7) is 7.26. The molecular formula is C15H24N4O. The molecule has 0 atom stereocenters. The summed E-state index contributed by atoms with van der Waals surface area (Å²) in [6, 6.07) is 3.80. The molecule has 0 unspecified atom stereocenters. The van der Waals surface area contributed by atoms with Gasteiger partial charge in [-0.3, -0.25) is 9.78 Å². The molecule has 0 spiro atoms. The molecule has 0 bridgehead atoms. The maximum absolute atomic E-state index is 12.5. The van der Waals surface area contributed by atoms with Gasteiger partial charge in [0.2, 0.25) is 0 Å². The summed E-state index contributed by atoms with van der Waals surface area (Å²) >= 11 is 0. The molecule has 0 aliphatic carbocycles. The first-order valence-electron chi connectivity index (χ1n) is 7.35. The quantitative estimate of drug-likeness (QED) is 0.887. The summed E-state index contributed by atoms with van der Waals surface area (Å²) in [5.74, 6) is 0.0591. The van der Waals surface area contributed by atoms with Gasteiger partial charge in [-0.15, -0.1) is 0 Å². The second-order valence-corrected chi connectivity index (χ2v) is 5.30. The number of hydrogen-bond acceptors (Lipinski definition) is 4. The van der Waals surface area contributed by atoms with Crippen molar-refractivity contribution >= 4 is 5.91 Å². The van der Waals surface area contributed by atoms with Crippen molar-refractivity contribution in [2.75, 3.05) is 39.3 Å². The van der Waals surface area contributed by atoms with Gasteiger partial charge in [-0.05, 0) is 51.0 Å². The Morgan fingerprint density at radius 3 is 2.95 bits per heavy atom. The molecule has 0 saturated carbocycles. The number of aryl methyl sites for hydroxylation is 1. The monoisotopic (exact) mass is 276 g/mol. The summed E-state index contributed by atoms with van der Waals surface area (Å²) < 4.78 is 0. The lowest BCUT2D eigenvalue weighted by Crippen LogP contribution is -2.36. The largest absolute Gasteiger partial charge is 0.336 e. The first kappa shape index (κ1) is 14.9. The summed E-state index contributed by atoms with van der Waals surface area (Å²) in [4.78, 5) is 21.1. The Hall–Kier alpha value is -1.46. The van der Waals surface area contributed by atoms with Gasteiger partial charge >= 0.3 is 0 Å². The predicted molar refractivity (Wildman–Crippen MR) is 79.6 cm³/mol. The fourth-order valence-corrected chi connectivity index (χ4v) is 2.57. The zero-order chi connectivity index (χ0) is 14.4. The van der Waals surface area contributed by atoms with E-state index in [1.807, 2.05) is 24.0 Å². The topological polar surface area (TPSA) is 62.5 Å². The zero-order valence-electron chi connectivity index (χ0n) is 12.2. The molecule has 5 nitrogen and oxygen atoms in total. The fraction of sp³-hybridized carbons (Fsp3) is 0.600. The van der Waals surface area contributed by atoms with Crippen LogP contribution < -0.4 is 5.73 Å². The van der Waals surface area contributed by atoms with Crippen LogP contribution in [0.3, 0.4) is 0 Å². The molecule has 1 aliphatic rings. The van der Waals surface area contributed by atoms with Gasteiger partial charge in [-0.2, -0.15) is 0 Å². The van der Waals surface area contributed by atoms with E-state index in [0.717, 1.165) is 57.7 Å². The Morgan fingerprint density at radius 2 is 2.20 bits per heavy atom. The van der Waals surface area contributed by atoms with Crippen LogP contribution in [-0.4, -0.2) is 60.0 Å². The molecule has 0 radical (unpaired) electrons. The molecule has 110 valence electrons. The smallest absolute Gasteiger partial charge is 0.272 e. The molecule has 1 fully saturated rings. The van der Waals surface area contributed by atoms with Gasteiger partial charge in [0.1, 0.15) is 5.69 Å². The number of pyridine rings is 1. The van der Waals surface area contributed by atoms with E-state index in [9.17, 15) is 4.79 Å². The van der Waals surface area contributed by atoms with Gasteiger partial charge in [-0.25, -0.2) is 0 Å². The van der Waals surface area contributed by atoms with E-state index in [0.29, 0.717) is 5.69 Å². The number of rotatable bonds is 4. The number of hydrogen-bond donors (Lipinski definition) is 1. The lowest BCUT2D eigenvalue weighted by atomic mass is 10.2. The normalized spacial score (nSPS) is 17.0. The number of carbonyl (C=O) groups is 1. The van der Waals surface area contributed by atoms with Crippen LogP contribution in [0.4, 0.5) is 0 Å². The summed E-state index contributed by atoms with van der Waals surface area (Å²) in [6.07, 6.45) is 3.72. The molecule has 0 aromatic carbocycles. The number of carbonyl (C=O) groups excluding carboxylic acids is 1. The molecular weight excluding hydrogens is 252 g/mol. The van der Waals surface area contributed by atoms with Crippen LogP contribution >= 0.6 is 0 Å². The van der Waals surface area contributed by atoms with Crippen LogP contribution in [0.15, 0.2) is 18.3 Å². The van der Waals surface area contributed by atoms with E-state index >= 15 is 0 Å². The molecule has 2 N–H and O–H groups in total. The minimum Gasteiger partial charge on any atom is -0.336 e. The molecule has 2 rings (SSSR count). The predicted octanol–water partition coefficient (Wildman–Crippen LogP) is 0.887. The second kappa shape index (κ2) is 7.36. The van der Waals surface area contributed by atoms with Crippen LogP contribution in [0.25, 0.3) is 0 Å². The van der Waals surface area contributed by atoms with Gasteiger partial charge in [0.25, 0.3) is 5.91 Å². The van der Waals surface area contributed by atoms with E-state index in [1.165, 1.54) is 0 Å². The molecule has 1 aromatic heterocycles. The fourth-order valence-electron chi connectivity index (χ4n) is 2.57. The Kier molecular flexibility index (Phi) is 5.49. The first-order valence-corrected chi connectivity index (χ1v) is 7.35. The van der Waals surface area contributed by atoms with E-state index in [4.69, 9.17) is 5.73 Å². The summed E-state index contributed by atoms with van der Waals surface area (Å²) in [5.41, 5.74) is 7.09. The first-order chi connectivity index (χ1) is 9.72. The second-order valence-electron chi connectivity index (χ2n) is 5.30. The molecule has 1 saturated heterocycles. The van der Waals surface area contributed by atoms with Crippen LogP contribution in [0, 0.1) is 6.92 Å². The third kappa shape index (κ3) is 3.77. The van der Waals surface area contributed by atoms with Crippen molar-refractivity contribution in [3.8, 4) is 0 Å². The Labute approximate surface area is 120 Å². The summed E-state index contributed by atoms with van der Waals surface area (Å²) in [7, 11) is 0. The van der Waals surface area contributed by atoms with Crippen molar-refractivity contribution in [3.05, 3.63) is 29.6 Å². The molecule has 2 heterocycles. The Balaban J connectivity index is 1.96. The number of amides is 1. The molecule has 1 amide bonds. The number of nitrogens with zero attached hydrogens (tertiary/aromatic N) is 3. The van der Waals surface area contributed by atoms with Crippen molar-refractivity contribution in [1.29, 1.82) is 0 Å². The average molecular weight is 276 g/mol. The van der Waals surface area contributed by atoms with Gasteiger partial charge in [-0.1, -0.05) is 6.07 Å². The highest BCUT2D eigenvalue weighted by Crippen LogP contribution is 2.11. The van der Waals surface area contributed by atoms with E-state index in [-0.39, 0.29) is 5.91 Å². The van der Waals surface area contributed by atoms with Crippen LogP contribution in [-0.2, 0) is 0 Å². The van der Waals surface area contributed by atoms with Crippen molar-refractivity contribution < 1.29 is 4.79 Å². The molecule has 1 aliphatic heterocycles. The maximum atomic E-state index is 12.5. The van der Waals surface area contributed by atoms with E-state index in [2.05, 4.69) is 9.88 Å². The van der Waals surface area contributed by atoms with Gasteiger partial charge in [0.15, 0.2) is 0 Å². The lowest BCUT2D eigenvalue weighted by molar-refractivity contribution is 0.0755. The standard InChI is InChI=1S/C15H24N4O/c1-13-5-2-7-17-14(13)15(20)19-10-4-9-18(11-12-19)8-3-6-16/h2,5,7H,3-4,6,8-12,16H2,1H3. The van der Waals surface area contributed by atoms with Crippen LogP contribution in [0.1, 0.15) is 28.9 Å². The van der Waals surface area contributed by atoms with Crippen molar-refractivity contribution in [1.82, 2.24) is 14.8 Å². The van der Waals surface area contributed by atoms with Gasteiger partial charge in [0.05, 0.1) is 0 Å². The van der Waals surface area contributed by atoms with Crippen LogP contribution in [0.2, 0.25) is 0 Å². The zero-order valence-corrected chi connectivity index (χ0v) is 12.2. The molecule has 20 heavy (non-hydrogen) atoms. The van der Waals surface area contributed by atoms with E-state index in [1.54, 1.807) is 6.20 Å². The van der Waals surface area contributed by atoms with Crippen LogP contribution in [0.5, 0.6) is 0 Å². The molecule has 1 aromatic rings. The highest BCUT2D eigenvalue weighted by Gasteiger charge is 2.21. The minimum atomic E-state index is 0.0591. The van der Waals surface area contributed by atoms with E-state index < -0.39 is 0 Å². The molecule has 5 heteroatoms. The highest BCUT2D eigenvalue weighted by molar-refractivity contribution is 5.93. The van der Waals surface area contributed by atoms with Crippen molar-refractivity contribution in [3.63, 3.8) is 0 Å². The minimum absolute atomic E-state index is 0.0591. The highest BCUT2D eigenvalue weighted by atomic mass is 16.2.